The van der Waals surface area contributed by atoms with Gasteiger partial charge in [-0.3, -0.25) is 0 Å². The first-order valence-electron chi connectivity index (χ1n) is 4.77. The smallest absolute Gasteiger partial charge is 0.330 e. The van der Waals surface area contributed by atoms with Gasteiger partial charge in [-0.25, -0.2) is 8.78 Å². The van der Waals surface area contributed by atoms with E-state index in [1.54, 1.807) is 0 Å². The molecule has 6 nitrogen and oxygen atoms in total. The Morgan fingerprint density at radius 3 is 2.56 bits per heavy atom. The number of rotatable bonds is 3. The van der Waals surface area contributed by atoms with Crippen LogP contribution in [0.3, 0.4) is 0 Å². The molecule has 2 N–H and O–H groups in total. The minimum absolute atomic E-state index is 0.0886. The number of hydrogen-bond acceptors (Lipinski definition) is 6. The number of anilines is 1. The van der Waals surface area contributed by atoms with E-state index < -0.39 is 11.6 Å². The number of nitrogens with zero attached hydrogens (tertiary/aromatic N) is 3. The molecule has 0 amide bonds. The molecule has 1 aromatic carbocycles. The number of halogens is 2. The highest BCUT2D eigenvalue weighted by Crippen LogP contribution is 2.23. The van der Waals surface area contributed by atoms with Crippen LogP contribution in [0.4, 0.5) is 14.7 Å². The summed E-state index contributed by atoms with van der Waals surface area (Å²) >= 11 is 0. The van der Waals surface area contributed by atoms with Crippen molar-refractivity contribution in [1.29, 1.82) is 0 Å². The van der Waals surface area contributed by atoms with Crippen LogP contribution >= 0.6 is 0 Å². The number of methoxy groups -OCH3 is 1. The second kappa shape index (κ2) is 4.78. The second-order valence-electron chi connectivity index (χ2n) is 3.14. The summed E-state index contributed by atoms with van der Waals surface area (Å²) in [4.78, 5) is 10.9. The molecule has 0 aliphatic carbocycles. The Balaban J connectivity index is 2.33. The summed E-state index contributed by atoms with van der Waals surface area (Å²) in [6.07, 6.45) is 0. The van der Waals surface area contributed by atoms with E-state index in [0.29, 0.717) is 0 Å². The van der Waals surface area contributed by atoms with Gasteiger partial charge in [0.2, 0.25) is 5.95 Å². The highest BCUT2D eigenvalue weighted by Gasteiger charge is 2.11. The van der Waals surface area contributed by atoms with Gasteiger partial charge in [0.05, 0.1) is 7.11 Å². The van der Waals surface area contributed by atoms with E-state index in [1.165, 1.54) is 7.11 Å². The molecule has 0 saturated carbocycles. The lowest BCUT2D eigenvalue weighted by Gasteiger charge is -2.06. The number of benzene rings is 1. The molecule has 0 unspecified atom stereocenters. The minimum atomic E-state index is -0.755. The Morgan fingerprint density at radius 2 is 1.83 bits per heavy atom. The predicted molar refractivity (Wildman–Crippen MR) is 57.2 cm³/mol. The quantitative estimate of drug-likeness (QED) is 0.894. The first-order chi connectivity index (χ1) is 8.58. The summed E-state index contributed by atoms with van der Waals surface area (Å²) in [5.41, 5.74) is 5.37. The van der Waals surface area contributed by atoms with Crippen LogP contribution in [-0.2, 0) is 0 Å². The fraction of sp³-hybridized carbons (Fsp3) is 0.100. The maximum Gasteiger partial charge on any atom is 0.330 e. The average molecular weight is 254 g/mol. The molecule has 0 saturated heterocycles. The van der Waals surface area contributed by atoms with Crippen LogP contribution in [0, 0.1) is 11.6 Å². The van der Waals surface area contributed by atoms with Gasteiger partial charge in [0.1, 0.15) is 5.82 Å². The van der Waals surface area contributed by atoms with Crippen LogP contribution in [0.2, 0.25) is 0 Å². The van der Waals surface area contributed by atoms with Crippen molar-refractivity contribution in [1.82, 2.24) is 15.0 Å². The van der Waals surface area contributed by atoms with Crippen LogP contribution < -0.4 is 15.2 Å². The van der Waals surface area contributed by atoms with Crippen molar-refractivity contribution in [2.45, 2.75) is 0 Å². The summed E-state index contributed by atoms with van der Waals surface area (Å²) < 4.78 is 36.0. The Morgan fingerprint density at radius 1 is 1.11 bits per heavy atom. The van der Waals surface area contributed by atoms with E-state index in [2.05, 4.69) is 15.0 Å². The Kier molecular flexibility index (Phi) is 3.18. The number of aromatic nitrogens is 3. The largest absolute Gasteiger partial charge is 0.467 e. The van der Waals surface area contributed by atoms with Gasteiger partial charge in [0, 0.05) is 6.07 Å². The van der Waals surface area contributed by atoms with Gasteiger partial charge in [-0.2, -0.15) is 9.97 Å². The lowest BCUT2D eigenvalue weighted by atomic mass is 10.3. The van der Waals surface area contributed by atoms with Crippen LogP contribution in [0.25, 0.3) is 0 Å². The van der Waals surface area contributed by atoms with Gasteiger partial charge < -0.3 is 15.2 Å². The van der Waals surface area contributed by atoms with Crippen molar-refractivity contribution in [2.75, 3.05) is 12.8 Å². The molecule has 94 valence electrons. The monoisotopic (exact) mass is 254 g/mol. The Bertz CT molecular complexity index is 580. The van der Waals surface area contributed by atoms with Crippen LogP contribution in [0.15, 0.2) is 18.2 Å². The minimum Gasteiger partial charge on any atom is -0.467 e. The highest BCUT2D eigenvalue weighted by molar-refractivity contribution is 5.29. The highest BCUT2D eigenvalue weighted by atomic mass is 19.1. The van der Waals surface area contributed by atoms with Crippen molar-refractivity contribution in [3.8, 4) is 17.8 Å². The number of nitrogens with two attached hydrogens (primary N) is 1. The molecule has 8 heteroatoms. The van der Waals surface area contributed by atoms with E-state index in [9.17, 15) is 8.78 Å². The fourth-order valence-electron chi connectivity index (χ4n) is 1.14. The summed E-state index contributed by atoms with van der Waals surface area (Å²) in [6, 6.07) is 2.37. The molecule has 0 fully saturated rings. The lowest BCUT2D eigenvalue weighted by molar-refractivity contribution is 0.354. The first kappa shape index (κ1) is 12.0. The molecular weight excluding hydrogens is 246 g/mol. The molecule has 0 bridgehead atoms. The standard InChI is InChI=1S/C10H8F2N4O2/c1-17-9-14-8(13)15-10(16-9)18-7-4-5(11)2-3-6(7)12/h2-4H,1H3,(H2,13,14,15,16). The van der Waals surface area contributed by atoms with Crippen LogP contribution in [0.5, 0.6) is 17.8 Å². The average Bonchev–Trinajstić information content (AvgIpc) is 2.33. The zero-order chi connectivity index (χ0) is 13.1. The van der Waals surface area contributed by atoms with Crippen molar-refractivity contribution in [3.63, 3.8) is 0 Å². The number of nitrogen functional groups attached to an aromatic ring is 1. The number of hydrogen-bond donors (Lipinski definition) is 1. The first-order valence-corrected chi connectivity index (χ1v) is 4.77. The van der Waals surface area contributed by atoms with Gasteiger partial charge in [-0.05, 0) is 12.1 Å². The maximum atomic E-state index is 13.3. The summed E-state index contributed by atoms with van der Waals surface area (Å²) in [5, 5.41) is 0. The van der Waals surface area contributed by atoms with Crippen molar-refractivity contribution in [3.05, 3.63) is 29.8 Å². The molecule has 0 aliphatic heterocycles. The van der Waals surface area contributed by atoms with E-state index in [-0.39, 0.29) is 23.7 Å². The van der Waals surface area contributed by atoms with E-state index in [0.717, 1.165) is 18.2 Å². The van der Waals surface area contributed by atoms with Crippen LogP contribution in [-0.4, -0.2) is 22.1 Å². The molecule has 0 spiro atoms. The zero-order valence-corrected chi connectivity index (χ0v) is 9.22. The Labute approximate surface area is 100 Å². The molecule has 18 heavy (non-hydrogen) atoms. The van der Waals surface area contributed by atoms with Crippen molar-refractivity contribution >= 4 is 5.95 Å². The second-order valence-corrected chi connectivity index (χ2v) is 3.14. The van der Waals surface area contributed by atoms with Gasteiger partial charge in [-0.1, -0.05) is 0 Å². The SMILES string of the molecule is COc1nc(N)nc(Oc2cc(F)ccc2F)n1. The predicted octanol–water partition coefficient (Wildman–Crippen LogP) is 1.53. The van der Waals surface area contributed by atoms with E-state index in [1.807, 2.05) is 0 Å². The molecule has 0 radical (unpaired) electrons. The lowest BCUT2D eigenvalue weighted by Crippen LogP contribution is -2.03. The molecule has 2 rings (SSSR count). The fourth-order valence-corrected chi connectivity index (χ4v) is 1.14. The van der Waals surface area contributed by atoms with Crippen molar-refractivity contribution in [2.24, 2.45) is 0 Å². The molecule has 1 heterocycles. The van der Waals surface area contributed by atoms with Gasteiger partial charge in [0.15, 0.2) is 11.6 Å². The van der Waals surface area contributed by atoms with Gasteiger partial charge >= 0.3 is 12.0 Å². The topological polar surface area (TPSA) is 83.2 Å². The molecule has 0 atom stereocenters. The third-order valence-corrected chi connectivity index (χ3v) is 1.89. The van der Waals surface area contributed by atoms with E-state index in [4.69, 9.17) is 15.2 Å². The summed E-state index contributed by atoms with van der Waals surface area (Å²) in [7, 11) is 1.32. The summed E-state index contributed by atoms with van der Waals surface area (Å²) in [5.74, 6) is -1.92. The molecular formula is C10H8F2N4O2. The van der Waals surface area contributed by atoms with Gasteiger partial charge in [-0.15, -0.1) is 4.98 Å². The Hall–Kier alpha value is -2.51. The normalized spacial score (nSPS) is 10.2. The summed E-state index contributed by atoms with van der Waals surface area (Å²) in [6.45, 7) is 0. The van der Waals surface area contributed by atoms with Crippen LogP contribution in [0.1, 0.15) is 0 Å². The van der Waals surface area contributed by atoms with Gasteiger partial charge in [0.25, 0.3) is 0 Å². The number of ether oxygens (including phenoxy) is 2. The third kappa shape index (κ3) is 2.59. The molecule has 2 aromatic rings. The van der Waals surface area contributed by atoms with Crippen molar-refractivity contribution < 1.29 is 18.3 Å². The maximum absolute atomic E-state index is 13.3. The third-order valence-electron chi connectivity index (χ3n) is 1.89. The van der Waals surface area contributed by atoms with E-state index >= 15 is 0 Å². The molecule has 0 aliphatic rings. The zero-order valence-electron chi connectivity index (χ0n) is 9.22. The molecule has 1 aromatic heterocycles.